The van der Waals surface area contributed by atoms with Crippen LogP contribution in [0.2, 0.25) is 0 Å². The summed E-state index contributed by atoms with van der Waals surface area (Å²) in [6.07, 6.45) is 2.43. The Morgan fingerprint density at radius 1 is 1.33 bits per heavy atom. The molecule has 1 aromatic heterocycles. The minimum Gasteiger partial charge on any atom is -0.387 e. The highest BCUT2D eigenvalue weighted by molar-refractivity contribution is 7.18. The van der Waals surface area contributed by atoms with Gasteiger partial charge in [-0.3, -0.25) is 4.90 Å². The quantitative estimate of drug-likeness (QED) is 0.919. The van der Waals surface area contributed by atoms with Crippen LogP contribution in [0.4, 0.5) is 0 Å². The summed E-state index contributed by atoms with van der Waals surface area (Å²) >= 11 is 1.76. The van der Waals surface area contributed by atoms with Crippen molar-refractivity contribution in [1.29, 1.82) is 0 Å². The number of rotatable bonds is 3. The van der Waals surface area contributed by atoms with E-state index in [2.05, 4.69) is 28.1 Å². The van der Waals surface area contributed by atoms with Crippen molar-refractivity contribution in [2.24, 2.45) is 5.92 Å². The van der Waals surface area contributed by atoms with E-state index in [1.165, 1.54) is 17.5 Å². The first-order valence-corrected chi connectivity index (χ1v) is 7.34. The second-order valence-electron chi connectivity index (χ2n) is 5.60. The first kappa shape index (κ1) is 10.9. The van der Waals surface area contributed by atoms with E-state index in [9.17, 15) is 5.11 Å². The minimum atomic E-state index is -0.378. The van der Waals surface area contributed by atoms with Gasteiger partial charge >= 0.3 is 0 Å². The summed E-state index contributed by atoms with van der Waals surface area (Å²) in [4.78, 5) is 6.94. The van der Waals surface area contributed by atoms with Gasteiger partial charge in [-0.15, -0.1) is 11.3 Å². The van der Waals surface area contributed by atoms with E-state index in [0.29, 0.717) is 5.92 Å². The molecule has 2 fully saturated rings. The molecule has 4 rings (SSSR count). The summed E-state index contributed by atoms with van der Waals surface area (Å²) in [7, 11) is 0. The number of hydrogen-bond acceptors (Lipinski definition) is 4. The van der Waals surface area contributed by atoms with Gasteiger partial charge in [-0.25, -0.2) is 4.98 Å². The van der Waals surface area contributed by atoms with Crippen LogP contribution < -0.4 is 0 Å². The maximum atomic E-state index is 10.3. The van der Waals surface area contributed by atoms with Crippen molar-refractivity contribution in [1.82, 2.24) is 9.88 Å². The van der Waals surface area contributed by atoms with Crippen LogP contribution in [0.3, 0.4) is 0 Å². The molecule has 1 saturated heterocycles. The number of β-amino-alcohol motifs (C(OH)–C–C–N with tert-alkyl or cyclic N) is 1. The van der Waals surface area contributed by atoms with Crippen molar-refractivity contribution in [3.8, 4) is 0 Å². The van der Waals surface area contributed by atoms with Gasteiger partial charge in [0.25, 0.3) is 0 Å². The van der Waals surface area contributed by atoms with Crippen LogP contribution in [-0.4, -0.2) is 33.7 Å². The summed E-state index contributed by atoms with van der Waals surface area (Å²) in [5.41, 5.74) is 0.715. The summed E-state index contributed by atoms with van der Waals surface area (Å²) in [6.45, 7) is 2.54. The van der Waals surface area contributed by atoms with Gasteiger partial charge in [-0.1, -0.05) is 12.1 Å². The fraction of sp³-hybridized carbons (Fsp3) is 0.500. The van der Waals surface area contributed by atoms with Crippen molar-refractivity contribution in [3.05, 3.63) is 29.3 Å². The van der Waals surface area contributed by atoms with E-state index in [0.717, 1.165) is 30.2 Å². The predicted octanol–water partition coefficient (Wildman–Crippen LogP) is 2.25. The molecule has 1 aromatic carbocycles. The molecule has 0 radical (unpaired) electrons. The third-order valence-corrected chi connectivity index (χ3v) is 5.05. The summed E-state index contributed by atoms with van der Waals surface area (Å²) in [5.74, 6) is 0.573. The SMILES string of the molecule is OC1(C2CC2)CN(Cc2nc3ccccc3s2)C1. The van der Waals surface area contributed by atoms with Gasteiger partial charge in [0.2, 0.25) is 0 Å². The smallest absolute Gasteiger partial charge is 0.108 e. The van der Waals surface area contributed by atoms with Crippen molar-refractivity contribution in [2.75, 3.05) is 13.1 Å². The number of hydrogen-bond donors (Lipinski definition) is 1. The average Bonchev–Trinajstić information content (AvgIpc) is 3.08. The molecule has 4 heteroatoms. The van der Waals surface area contributed by atoms with E-state index >= 15 is 0 Å². The van der Waals surface area contributed by atoms with Crippen LogP contribution in [-0.2, 0) is 6.54 Å². The van der Waals surface area contributed by atoms with E-state index < -0.39 is 0 Å². The Kier molecular flexibility index (Phi) is 2.28. The molecule has 0 bridgehead atoms. The second-order valence-corrected chi connectivity index (χ2v) is 6.71. The largest absolute Gasteiger partial charge is 0.387 e. The van der Waals surface area contributed by atoms with Gasteiger partial charge in [-0.2, -0.15) is 0 Å². The lowest BCUT2D eigenvalue weighted by Gasteiger charge is -2.46. The molecule has 1 saturated carbocycles. The molecule has 0 amide bonds. The zero-order chi connectivity index (χ0) is 12.2. The number of nitrogens with zero attached hydrogens (tertiary/aromatic N) is 2. The van der Waals surface area contributed by atoms with Gasteiger partial charge in [0.1, 0.15) is 5.01 Å². The molecule has 18 heavy (non-hydrogen) atoms. The number of aliphatic hydroxyl groups is 1. The Bertz CT molecular complexity index is 551. The average molecular weight is 260 g/mol. The first-order valence-electron chi connectivity index (χ1n) is 6.52. The molecule has 2 heterocycles. The van der Waals surface area contributed by atoms with Crippen molar-refractivity contribution < 1.29 is 5.11 Å². The van der Waals surface area contributed by atoms with Gasteiger partial charge in [0.15, 0.2) is 0 Å². The van der Waals surface area contributed by atoms with Gasteiger partial charge in [-0.05, 0) is 30.9 Å². The standard InChI is InChI=1S/C14H16N2OS/c17-14(10-5-6-10)8-16(9-14)7-13-15-11-3-1-2-4-12(11)18-13/h1-4,10,17H,5-9H2. The van der Waals surface area contributed by atoms with Crippen LogP contribution >= 0.6 is 11.3 Å². The molecule has 1 aliphatic carbocycles. The molecule has 2 aromatic rings. The van der Waals surface area contributed by atoms with Gasteiger partial charge in [0, 0.05) is 13.1 Å². The second kappa shape index (κ2) is 3.76. The molecule has 0 atom stereocenters. The first-order chi connectivity index (χ1) is 8.73. The van der Waals surface area contributed by atoms with E-state index in [-0.39, 0.29) is 5.60 Å². The van der Waals surface area contributed by atoms with Crippen molar-refractivity contribution in [3.63, 3.8) is 0 Å². The maximum absolute atomic E-state index is 10.3. The molecule has 3 nitrogen and oxygen atoms in total. The monoisotopic (exact) mass is 260 g/mol. The Hall–Kier alpha value is -0.970. The number of likely N-dealkylation sites (tertiary alicyclic amines) is 1. The lowest BCUT2D eigenvalue weighted by molar-refractivity contribution is -0.116. The zero-order valence-electron chi connectivity index (χ0n) is 10.2. The molecule has 0 spiro atoms. The third-order valence-electron chi connectivity index (χ3n) is 4.03. The molecular weight excluding hydrogens is 244 g/mol. The lowest BCUT2D eigenvalue weighted by atomic mass is 9.89. The minimum absolute atomic E-state index is 0.378. The van der Waals surface area contributed by atoms with E-state index in [1.807, 2.05) is 6.07 Å². The number of fused-ring (bicyclic) bond motifs is 1. The van der Waals surface area contributed by atoms with Crippen LogP contribution in [0, 0.1) is 5.92 Å². The fourth-order valence-electron chi connectivity index (χ4n) is 2.90. The van der Waals surface area contributed by atoms with Crippen LogP contribution in [0.25, 0.3) is 10.2 Å². The summed E-state index contributed by atoms with van der Waals surface area (Å²) in [5, 5.41) is 11.4. The van der Waals surface area contributed by atoms with E-state index in [1.54, 1.807) is 11.3 Å². The molecular formula is C14H16N2OS. The highest BCUT2D eigenvalue weighted by Gasteiger charge is 2.51. The number of benzene rings is 1. The van der Waals surface area contributed by atoms with Crippen LogP contribution in [0.15, 0.2) is 24.3 Å². The molecule has 1 N–H and O–H groups in total. The summed E-state index contributed by atoms with van der Waals surface area (Å²) < 4.78 is 1.26. The van der Waals surface area contributed by atoms with Crippen LogP contribution in [0.1, 0.15) is 17.8 Å². The van der Waals surface area contributed by atoms with E-state index in [4.69, 9.17) is 0 Å². The predicted molar refractivity (Wildman–Crippen MR) is 72.6 cm³/mol. The Morgan fingerprint density at radius 2 is 2.11 bits per heavy atom. The Labute approximate surface area is 110 Å². The zero-order valence-corrected chi connectivity index (χ0v) is 11.0. The third kappa shape index (κ3) is 1.76. The number of thiazole rings is 1. The highest BCUT2D eigenvalue weighted by atomic mass is 32.1. The van der Waals surface area contributed by atoms with Gasteiger partial charge < -0.3 is 5.11 Å². The van der Waals surface area contributed by atoms with Crippen LogP contribution in [0.5, 0.6) is 0 Å². The summed E-state index contributed by atoms with van der Waals surface area (Å²) in [6, 6.07) is 8.26. The number of para-hydroxylation sites is 1. The van der Waals surface area contributed by atoms with Crippen molar-refractivity contribution >= 4 is 21.6 Å². The maximum Gasteiger partial charge on any atom is 0.108 e. The number of aromatic nitrogens is 1. The topological polar surface area (TPSA) is 36.4 Å². The van der Waals surface area contributed by atoms with Gasteiger partial charge in [0.05, 0.1) is 22.4 Å². The lowest BCUT2D eigenvalue weighted by Crippen LogP contribution is -2.62. The fourth-order valence-corrected chi connectivity index (χ4v) is 3.91. The normalized spacial score (nSPS) is 23.2. The molecule has 0 unspecified atom stereocenters. The Morgan fingerprint density at radius 3 is 2.83 bits per heavy atom. The Balaban J connectivity index is 1.46. The molecule has 94 valence electrons. The highest BCUT2D eigenvalue weighted by Crippen LogP contribution is 2.44. The van der Waals surface area contributed by atoms with Crippen molar-refractivity contribution in [2.45, 2.75) is 25.0 Å². The molecule has 2 aliphatic rings. The molecule has 1 aliphatic heterocycles.